The van der Waals surface area contributed by atoms with E-state index in [9.17, 15) is 0 Å². The van der Waals surface area contributed by atoms with Crippen LogP contribution >= 0.6 is 0 Å². The van der Waals surface area contributed by atoms with Crippen LogP contribution in [-0.2, 0) is 0 Å². The Morgan fingerprint density at radius 1 is 0.619 bits per heavy atom. The molecule has 0 aromatic heterocycles. The molecule has 1 radical (unpaired) electrons. The van der Waals surface area contributed by atoms with Gasteiger partial charge in [-0.3, -0.25) is 0 Å². The van der Waals surface area contributed by atoms with E-state index >= 15 is 0 Å². The van der Waals surface area contributed by atoms with Crippen molar-refractivity contribution in [3.63, 3.8) is 0 Å². The molecule has 0 aliphatic rings. The molecule has 19 heteroatoms. The van der Waals surface area contributed by atoms with Crippen molar-refractivity contribution in [2.24, 2.45) is 11.5 Å². The van der Waals surface area contributed by atoms with Gasteiger partial charge < -0.3 is 32.3 Å². The van der Waals surface area contributed by atoms with Gasteiger partial charge in [0.25, 0.3) is 20.3 Å². The molecule has 18 nitrogen and oxygen atoms in total. The molecular weight excluding hydrogens is 323 g/mol. The number of hydrogen-bond donors (Lipinski definition) is 6. The van der Waals surface area contributed by atoms with E-state index in [2.05, 4.69) is 0 Å². The molecule has 8 N–H and O–H groups in total. The molecule has 0 rings (SSSR count). The third-order valence-electron chi connectivity index (χ3n) is 0.167. The van der Waals surface area contributed by atoms with Crippen LogP contribution in [0.1, 0.15) is 0 Å². The first-order valence-electron chi connectivity index (χ1n) is 3.58. The van der Waals surface area contributed by atoms with Crippen LogP contribution in [0.25, 0.3) is 0 Å². The van der Waals surface area contributed by atoms with Gasteiger partial charge in [0, 0.05) is 42.6 Å². The van der Waals surface area contributed by atoms with Gasteiger partial charge in [-0.25, -0.2) is 0 Å². The summed E-state index contributed by atoms with van der Waals surface area (Å²) < 4.78 is 0. The van der Waals surface area contributed by atoms with E-state index in [1.54, 1.807) is 0 Å². The quantitative estimate of drug-likeness (QED) is 0.159. The average molecular weight is 335 g/mol. The van der Waals surface area contributed by atoms with Gasteiger partial charge in [0.1, 0.15) is 0 Å². The topological polar surface area (TPSA) is 306 Å². The predicted molar refractivity (Wildman–Crippen MR) is 59.0 cm³/mol. The summed E-state index contributed by atoms with van der Waals surface area (Å²) in [5, 5.41) is 54.6. The molecule has 0 saturated carbocycles. The molecule has 0 unspecified atom stereocenters. The Morgan fingerprint density at radius 3 is 0.667 bits per heavy atom. The van der Waals surface area contributed by atoms with Crippen molar-refractivity contribution in [1.29, 1.82) is 0 Å². The molecule has 0 bridgehead atoms. The van der Waals surface area contributed by atoms with Crippen molar-refractivity contribution in [2.75, 3.05) is 13.1 Å². The summed E-state index contributed by atoms with van der Waals surface area (Å²) in [6, 6.07) is 0. The Balaban J connectivity index is -0.0000000331. The van der Waals surface area contributed by atoms with Gasteiger partial charge in [0.2, 0.25) is 0 Å². The molecule has 21 heavy (non-hydrogen) atoms. The van der Waals surface area contributed by atoms with Crippen molar-refractivity contribution in [3.05, 3.63) is 40.5 Å². The van der Waals surface area contributed by atoms with Crippen LogP contribution in [0.15, 0.2) is 0 Å². The van der Waals surface area contributed by atoms with Crippen LogP contribution in [0, 0.1) is 40.5 Å². The monoisotopic (exact) mass is 335 g/mol. The van der Waals surface area contributed by atoms with E-state index in [0.29, 0.717) is 13.1 Å². The summed E-state index contributed by atoms with van der Waals surface area (Å²) in [6.07, 6.45) is 0. The average Bonchev–Trinajstić information content (AvgIpc) is 2.13. The molecule has 123 valence electrons. The number of rotatable bonds is 1. The summed E-state index contributed by atoms with van der Waals surface area (Å²) in [4.78, 5) is 33.4. The van der Waals surface area contributed by atoms with Crippen LogP contribution in [0.3, 0.4) is 0 Å². The second kappa shape index (κ2) is 36.1. The molecule has 0 saturated heterocycles. The molecule has 0 amide bonds. The zero-order valence-corrected chi connectivity index (χ0v) is 12.4. The second-order valence-electron chi connectivity index (χ2n) is 1.53. The molecule has 0 spiro atoms. The van der Waals surface area contributed by atoms with Crippen LogP contribution < -0.4 is 11.5 Å². The molecule has 0 fully saturated rings. The number of hydrogen-bond acceptors (Lipinski definition) is 10. The first-order chi connectivity index (χ1) is 8.84. The van der Waals surface area contributed by atoms with Crippen molar-refractivity contribution < 1.29 is 41.2 Å². The SMILES string of the molecule is NCCN.O=[N+]([O-])O.O=[N+]([O-])O.O=[N+]([O-])O.O=[N+]([O-])O.[Na]. The van der Waals surface area contributed by atoms with E-state index in [1.165, 1.54) is 0 Å². The molecule has 0 heterocycles. The van der Waals surface area contributed by atoms with E-state index in [4.69, 9.17) is 72.8 Å². The minimum absolute atomic E-state index is 0. The van der Waals surface area contributed by atoms with Crippen LogP contribution in [0.2, 0.25) is 0 Å². The van der Waals surface area contributed by atoms with Crippen LogP contribution in [0.5, 0.6) is 0 Å². The third kappa shape index (κ3) is 2670. The summed E-state index contributed by atoms with van der Waals surface area (Å²) in [5.74, 6) is 0. The molecular formula is C2H12N6NaO12. The van der Waals surface area contributed by atoms with Crippen LogP contribution in [0.4, 0.5) is 0 Å². The first-order valence-corrected chi connectivity index (χ1v) is 3.58. The predicted octanol–water partition coefficient (Wildman–Crippen LogP) is -2.87. The fourth-order valence-corrected chi connectivity index (χ4v) is 0. The maximum Gasteiger partial charge on any atom is 0.291 e. The normalized spacial score (nSPS) is 6.00. The van der Waals surface area contributed by atoms with E-state index in [-0.39, 0.29) is 29.6 Å². The number of nitrogens with two attached hydrogens (primary N) is 2. The van der Waals surface area contributed by atoms with E-state index < -0.39 is 20.3 Å². The third-order valence-corrected chi connectivity index (χ3v) is 0.167. The fraction of sp³-hybridized carbons (Fsp3) is 1.00. The summed E-state index contributed by atoms with van der Waals surface area (Å²) >= 11 is 0. The number of nitrogens with zero attached hydrogens (tertiary/aromatic N) is 4. The zero-order chi connectivity index (χ0) is 17.7. The summed E-state index contributed by atoms with van der Waals surface area (Å²) in [7, 11) is 0. The minimum atomic E-state index is -1.50. The maximum absolute atomic E-state index is 8.36. The molecule has 0 aliphatic heterocycles. The van der Waals surface area contributed by atoms with Gasteiger partial charge >= 0.3 is 0 Å². The Bertz CT molecular complexity index is 194. The van der Waals surface area contributed by atoms with E-state index in [1.807, 2.05) is 0 Å². The molecule has 0 aromatic carbocycles. The Hall–Kier alpha value is -2.28. The smallest absolute Gasteiger partial charge is 0.291 e. The first kappa shape index (κ1) is 36.3. The molecule has 0 atom stereocenters. The zero-order valence-electron chi connectivity index (χ0n) is 10.4. The molecule has 0 aromatic rings. The summed E-state index contributed by atoms with van der Waals surface area (Å²) in [6.45, 7) is 1.19. The van der Waals surface area contributed by atoms with Gasteiger partial charge in [-0.15, -0.1) is 40.5 Å². The van der Waals surface area contributed by atoms with Crippen LogP contribution in [-0.4, -0.2) is 83.8 Å². The van der Waals surface area contributed by atoms with Crippen molar-refractivity contribution >= 4 is 29.6 Å². The Labute approximate surface area is 136 Å². The van der Waals surface area contributed by atoms with Crippen molar-refractivity contribution in [3.8, 4) is 0 Å². The van der Waals surface area contributed by atoms with Gasteiger partial charge in [0.05, 0.1) is 0 Å². The fourth-order valence-electron chi connectivity index (χ4n) is 0. The molecule has 0 aliphatic carbocycles. The van der Waals surface area contributed by atoms with Crippen molar-refractivity contribution in [1.82, 2.24) is 0 Å². The Kier molecular flexibility index (Phi) is 62.4. The van der Waals surface area contributed by atoms with Gasteiger partial charge in [-0.05, 0) is 0 Å². The minimum Gasteiger partial charge on any atom is -0.329 e. The summed E-state index contributed by atoms with van der Waals surface area (Å²) in [5.41, 5.74) is 9.81. The van der Waals surface area contributed by atoms with Crippen molar-refractivity contribution in [2.45, 2.75) is 0 Å². The van der Waals surface area contributed by atoms with Gasteiger partial charge in [-0.1, -0.05) is 0 Å². The largest absolute Gasteiger partial charge is 0.329 e. The second-order valence-corrected chi connectivity index (χ2v) is 1.53. The van der Waals surface area contributed by atoms with E-state index in [0.717, 1.165) is 0 Å². The Morgan fingerprint density at radius 2 is 0.667 bits per heavy atom. The maximum atomic E-state index is 8.36. The van der Waals surface area contributed by atoms with Gasteiger partial charge in [-0.2, -0.15) is 0 Å². The standard InChI is InChI=1S/C2H8N2.4HNO3.Na/c3-1-2-4;4*2-1(3)4;/h1-4H2;4*(H,2,3,4);. The van der Waals surface area contributed by atoms with Gasteiger partial charge in [0.15, 0.2) is 0 Å².